The second-order valence-electron chi connectivity index (χ2n) is 4.73. The highest BCUT2D eigenvalue weighted by atomic mass is 16.6. The van der Waals surface area contributed by atoms with Crippen molar-refractivity contribution in [3.8, 4) is 5.75 Å². The van der Waals surface area contributed by atoms with Gasteiger partial charge in [-0.3, -0.25) is 0 Å². The molecule has 0 bridgehead atoms. The number of hydrogen-bond donors (Lipinski definition) is 1. The smallest absolute Gasteiger partial charge is 0.224 e. The lowest BCUT2D eigenvalue weighted by molar-refractivity contribution is 0.0319. The first-order valence-corrected chi connectivity index (χ1v) is 6.16. The Morgan fingerprint density at radius 2 is 1.84 bits per heavy atom. The van der Waals surface area contributed by atoms with Crippen molar-refractivity contribution in [3.63, 3.8) is 0 Å². The van der Waals surface area contributed by atoms with E-state index < -0.39 is 6.29 Å². The highest BCUT2D eigenvalue weighted by Gasteiger charge is 2.21. The first kappa shape index (κ1) is 12.1. The van der Waals surface area contributed by atoms with Gasteiger partial charge in [0.2, 0.25) is 6.29 Å². The molecule has 3 rings (SSSR count). The van der Waals surface area contributed by atoms with E-state index >= 15 is 0 Å². The quantitative estimate of drug-likeness (QED) is 0.782. The summed E-state index contributed by atoms with van der Waals surface area (Å²) in [4.78, 5) is 0. The minimum absolute atomic E-state index is 0.701. The Kier molecular flexibility index (Phi) is 2.92. The van der Waals surface area contributed by atoms with E-state index in [9.17, 15) is 5.11 Å². The number of fused-ring (bicyclic) bond motifs is 1. The van der Waals surface area contributed by atoms with Crippen molar-refractivity contribution in [1.82, 2.24) is 0 Å². The van der Waals surface area contributed by atoms with Crippen molar-refractivity contribution in [1.29, 1.82) is 0 Å². The lowest BCUT2D eigenvalue weighted by atomic mass is 9.92. The van der Waals surface area contributed by atoms with E-state index in [4.69, 9.17) is 12.6 Å². The van der Waals surface area contributed by atoms with Crippen LogP contribution in [0.5, 0.6) is 5.75 Å². The van der Waals surface area contributed by atoms with E-state index in [-0.39, 0.29) is 0 Å². The Bertz CT molecular complexity index is 644. The van der Waals surface area contributed by atoms with Crippen molar-refractivity contribution >= 4 is 25.0 Å². The summed E-state index contributed by atoms with van der Waals surface area (Å²) in [6, 6.07) is 13.3. The summed E-state index contributed by atoms with van der Waals surface area (Å²) in [6.45, 7) is 2.00. The monoisotopic (exact) mass is 248 g/mol. The van der Waals surface area contributed by atoms with E-state index in [1.165, 1.54) is 0 Å². The Hall–Kier alpha value is -2.00. The third-order valence-corrected chi connectivity index (χ3v) is 3.23. The second-order valence-corrected chi connectivity index (χ2v) is 4.73. The lowest BCUT2D eigenvalue weighted by Gasteiger charge is -2.24. The number of hydrogen-bond acceptors (Lipinski definition) is 2. The van der Waals surface area contributed by atoms with Crippen LogP contribution in [0.25, 0.3) is 11.6 Å². The van der Waals surface area contributed by atoms with Gasteiger partial charge in [-0.05, 0) is 30.2 Å². The maximum Gasteiger partial charge on any atom is 0.224 e. The summed E-state index contributed by atoms with van der Waals surface area (Å²) in [6.07, 6.45) is 1.01. The van der Waals surface area contributed by atoms with Gasteiger partial charge in [0.05, 0.1) is 0 Å². The van der Waals surface area contributed by atoms with Crippen LogP contribution < -0.4 is 10.2 Å². The number of aliphatic hydroxyl groups is 1. The fraction of sp³-hybridized carbons (Fsp3) is 0.125. The number of aryl methyl sites for hydroxylation is 1. The van der Waals surface area contributed by atoms with Crippen LogP contribution in [-0.4, -0.2) is 19.2 Å². The van der Waals surface area contributed by atoms with Crippen LogP contribution in [0.3, 0.4) is 0 Å². The van der Waals surface area contributed by atoms with Crippen molar-refractivity contribution in [2.24, 2.45) is 0 Å². The molecule has 0 saturated heterocycles. The van der Waals surface area contributed by atoms with Crippen molar-refractivity contribution in [3.05, 3.63) is 59.2 Å². The highest BCUT2D eigenvalue weighted by molar-refractivity contribution is 6.32. The van der Waals surface area contributed by atoms with Gasteiger partial charge in [0, 0.05) is 11.1 Å². The normalized spacial score (nSPS) is 17.4. The molecular weight excluding hydrogens is 235 g/mol. The average Bonchev–Trinajstić information content (AvgIpc) is 2.39. The number of aliphatic hydroxyl groups excluding tert-OH is 1. The zero-order valence-corrected chi connectivity index (χ0v) is 10.6. The van der Waals surface area contributed by atoms with Gasteiger partial charge >= 0.3 is 0 Å². The van der Waals surface area contributed by atoms with Gasteiger partial charge < -0.3 is 9.84 Å². The van der Waals surface area contributed by atoms with Gasteiger partial charge in [0.1, 0.15) is 13.6 Å². The highest BCUT2D eigenvalue weighted by Crippen LogP contribution is 2.33. The van der Waals surface area contributed by atoms with Gasteiger partial charge in [0.25, 0.3) is 0 Å². The van der Waals surface area contributed by atoms with E-state index in [1.807, 2.05) is 55.5 Å². The summed E-state index contributed by atoms with van der Waals surface area (Å²) in [7, 11) is 5.67. The van der Waals surface area contributed by atoms with E-state index in [2.05, 4.69) is 0 Å². The average molecular weight is 248 g/mol. The van der Waals surface area contributed by atoms with Crippen LogP contribution in [0.4, 0.5) is 0 Å². The van der Waals surface area contributed by atoms with Crippen LogP contribution in [-0.2, 0) is 0 Å². The molecule has 0 fully saturated rings. The SMILES string of the molecule is [B]c1ccc(C2=Cc3ccc(C)cc3O[C@@H]2O)cc1. The molecule has 92 valence electrons. The molecule has 3 heteroatoms. The van der Waals surface area contributed by atoms with Crippen LogP contribution in [0.15, 0.2) is 42.5 Å². The Morgan fingerprint density at radius 1 is 1.11 bits per heavy atom. The predicted molar refractivity (Wildman–Crippen MR) is 77.5 cm³/mol. The van der Waals surface area contributed by atoms with Gasteiger partial charge in [-0.15, -0.1) is 0 Å². The molecule has 1 N–H and O–H groups in total. The van der Waals surface area contributed by atoms with Gasteiger partial charge in [-0.2, -0.15) is 0 Å². The fourth-order valence-corrected chi connectivity index (χ4v) is 2.19. The first-order valence-electron chi connectivity index (χ1n) is 6.16. The summed E-state index contributed by atoms with van der Waals surface area (Å²) < 4.78 is 5.57. The van der Waals surface area contributed by atoms with Crippen LogP contribution in [0.1, 0.15) is 16.7 Å². The largest absolute Gasteiger partial charge is 0.460 e. The number of benzene rings is 2. The molecule has 0 spiro atoms. The molecule has 1 atom stereocenters. The summed E-state index contributed by atoms with van der Waals surface area (Å²) in [5.41, 5.74) is 4.44. The molecule has 19 heavy (non-hydrogen) atoms. The van der Waals surface area contributed by atoms with E-state index in [0.717, 1.165) is 22.3 Å². The predicted octanol–water partition coefficient (Wildman–Crippen LogP) is 2.04. The molecule has 1 heterocycles. The maximum atomic E-state index is 10.1. The molecule has 1 aliphatic rings. The molecule has 2 nitrogen and oxygen atoms in total. The zero-order valence-electron chi connectivity index (χ0n) is 10.6. The molecule has 2 radical (unpaired) electrons. The Labute approximate surface area is 113 Å². The molecular formula is C16H13BO2. The summed E-state index contributed by atoms with van der Waals surface area (Å²) in [5.74, 6) is 0.715. The van der Waals surface area contributed by atoms with Gasteiger partial charge in [0.15, 0.2) is 0 Å². The van der Waals surface area contributed by atoms with Crippen LogP contribution in [0.2, 0.25) is 0 Å². The van der Waals surface area contributed by atoms with Gasteiger partial charge in [-0.1, -0.05) is 41.9 Å². The standard InChI is InChI=1S/C16H13BO2/c1-10-2-3-12-9-14(16(18)19-15(12)8-10)11-4-6-13(17)7-5-11/h2-9,16,18H,1H3/t16-/m0/s1. The van der Waals surface area contributed by atoms with Crippen molar-refractivity contribution in [2.45, 2.75) is 13.2 Å². The minimum atomic E-state index is -0.946. The third-order valence-electron chi connectivity index (χ3n) is 3.23. The van der Waals surface area contributed by atoms with Crippen molar-refractivity contribution in [2.75, 3.05) is 0 Å². The third kappa shape index (κ3) is 2.29. The Morgan fingerprint density at radius 3 is 2.58 bits per heavy atom. The molecule has 0 saturated carbocycles. The molecule has 2 aromatic carbocycles. The Balaban J connectivity index is 2.06. The molecule has 0 unspecified atom stereocenters. The molecule has 0 aromatic heterocycles. The lowest BCUT2D eigenvalue weighted by Crippen LogP contribution is -2.21. The molecule has 0 aliphatic carbocycles. The fourth-order valence-electron chi connectivity index (χ4n) is 2.19. The molecule has 2 aromatic rings. The molecule has 1 aliphatic heterocycles. The minimum Gasteiger partial charge on any atom is -0.460 e. The van der Waals surface area contributed by atoms with E-state index in [0.29, 0.717) is 11.2 Å². The first-order chi connectivity index (χ1) is 9.13. The zero-order chi connectivity index (χ0) is 13.4. The summed E-state index contributed by atoms with van der Waals surface area (Å²) >= 11 is 0. The summed E-state index contributed by atoms with van der Waals surface area (Å²) in [5, 5.41) is 10.1. The second kappa shape index (κ2) is 4.59. The number of rotatable bonds is 1. The van der Waals surface area contributed by atoms with Crippen LogP contribution >= 0.6 is 0 Å². The maximum absolute atomic E-state index is 10.1. The van der Waals surface area contributed by atoms with Gasteiger partial charge in [-0.25, -0.2) is 0 Å². The van der Waals surface area contributed by atoms with E-state index in [1.54, 1.807) is 0 Å². The molecule has 0 amide bonds. The number of ether oxygens (including phenoxy) is 1. The topological polar surface area (TPSA) is 29.5 Å². The van der Waals surface area contributed by atoms with Crippen LogP contribution in [0, 0.1) is 6.92 Å². The van der Waals surface area contributed by atoms with Crippen molar-refractivity contribution < 1.29 is 9.84 Å².